The van der Waals surface area contributed by atoms with E-state index in [-0.39, 0.29) is 11.7 Å². The lowest BCUT2D eigenvalue weighted by molar-refractivity contribution is -0.117. The highest BCUT2D eigenvalue weighted by molar-refractivity contribution is 7.98. The van der Waals surface area contributed by atoms with E-state index in [1.54, 1.807) is 23.9 Å². The number of amides is 1. The van der Waals surface area contributed by atoms with Crippen LogP contribution in [-0.4, -0.2) is 21.4 Å². The van der Waals surface area contributed by atoms with Crippen molar-refractivity contribution in [1.82, 2.24) is 9.78 Å². The molecule has 1 amide bonds. The number of halogens is 1. The Morgan fingerprint density at radius 2 is 2.09 bits per heavy atom. The predicted octanol–water partition coefficient (Wildman–Crippen LogP) is 2.61. The van der Waals surface area contributed by atoms with Crippen LogP contribution in [0.5, 0.6) is 0 Å². The molecule has 2 aromatic rings. The van der Waals surface area contributed by atoms with Crippen molar-refractivity contribution in [3.63, 3.8) is 0 Å². The SMILES string of the molecule is NC(=O)CCSCc1nn(-c2ccc(F)cc2)c2c1CCC2. The second-order valence-electron chi connectivity index (χ2n) is 5.38. The van der Waals surface area contributed by atoms with Gasteiger partial charge in [-0.1, -0.05) is 0 Å². The molecule has 116 valence electrons. The fourth-order valence-electron chi connectivity index (χ4n) is 2.77. The summed E-state index contributed by atoms with van der Waals surface area (Å²) in [6.45, 7) is 0. The Labute approximate surface area is 132 Å². The summed E-state index contributed by atoms with van der Waals surface area (Å²) in [7, 11) is 0. The van der Waals surface area contributed by atoms with Gasteiger partial charge in [-0.15, -0.1) is 0 Å². The Morgan fingerprint density at radius 3 is 2.82 bits per heavy atom. The molecule has 1 aromatic carbocycles. The molecule has 0 saturated carbocycles. The van der Waals surface area contributed by atoms with Crippen molar-refractivity contribution in [2.24, 2.45) is 5.73 Å². The molecule has 1 aliphatic carbocycles. The maximum Gasteiger partial charge on any atom is 0.218 e. The van der Waals surface area contributed by atoms with E-state index in [4.69, 9.17) is 10.8 Å². The zero-order chi connectivity index (χ0) is 15.5. The summed E-state index contributed by atoms with van der Waals surface area (Å²) in [6, 6.07) is 6.43. The lowest BCUT2D eigenvalue weighted by Gasteiger charge is -2.05. The van der Waals surface area contributed by atoms with Crippen LogP contribution in [0.2, 0.25) is 0 Å². The van der Waals surface area contributed by atoms with E-state index >= 15 is 0 Å². The van der Waals surface area contributed by atoms with Crippen LogP contribution in [-0.2, 0) is 23.4 Å². The van der Waals surface area contributed by atoms with Crippen molar-refractivity contribution in [2.75, 3.05) is 5.75 Å². The van der Waals surface area contributed by atoms with E-state index in [0.717, 1.165) is 36.4 Å². The van der Waals surface area contributed by atoms with Crippen LogP contribution in [0.1, 0.15) is 29.8 Å². The topological polar surface area (TPSA) is 60.9 Å². The molecule has 6 heteroatoms. The number of benzene rings is 1. The first-order chi connectivity index (χ1) is 10.6. The van der Waals surface area contributed by atoms with Crippen LogP contribution in [0.3, 0.4) is 0 Å². The van der Waals surface area contributed by atoms with Gasteiger partial charge in [0.05, 0.1) is 11.4 Å². The summed E-state index contributed by atoms with van der Waals surface area (Å²) in [5.74, 6) is 0.987. The third kappa shape index (κ3) is 3.16. The molecule has 0 spiro atoms. The van der Waals surface area contributed by atoms with Crippen LogP contribution in [0, 0.1) is 5.82 Å². The first kappa shape index (κ1) is 15.1. The lowest BCUT2D eigenvalue weighted by Crippen LogP contribution is -2.11. The van der Waals surface area contributed by atoms with Crippen LogP contribution in [0.4, 0.5) is 4.39 Å². The Morgan fingerprint density at radius 1 is 1.32 bits per heavy atom. The van der Waals surface area contributed by atoms with Gasteiger partial charge >= 0.3 is 0 Å². The number of carbonyl (C=O) groups is 1. The van der Waals surface area contributed by atoms with Crippen LogP contribution >= 0.6 is 11.8 Å². The number of nitrogens with two attached hydrogens (primary N) is 1. The van der Waals surface area contributed by atoms with Gasteiger partial charge in [0.25, 0.3) is 0 Å². The number of nitrogens with zero attached hydrogens (tertiary/aromatic N) is 2. The number of fused-ring (bicyclic) bond motifs is 1. The number of rotatable bonds is 6. The average molecular weight is 319 g/mol. The van der Waals surface area contributed by atoms with Gasteiger partial charge in [-0.05, 0) is 49.1 Å². The molecule has 1 heterocycles. The first-order valence-corrected chi connectivity index (χ1v) is 8.52. The lowest BCUT2D eigenvalue weighted by atomic mass is 10.2. The second-order valence-corrected chi connectivity index (χ2v) is 6.49. The van der Waals surface area contributed by atoms with E-state index in [9.17, 15) is 9.18 Å². The smallest absolute Gasteiger partial charge is 0.218 e. The molecule has 0 bridgehead atoms. The van der Waals surface area contributed by atoms with Gasteiger partial charge in [-0.25, -0.2) is 9.07 Å². The number of primary amides is 1. The first-order valence-electron chi connectivity index (χ1n) is 7.37. The van der Waals surface area contributed by atoms with Gasteiger partial charge in [-0.3, -0.25) is 4.79 Å². The van der Waals surface area contributed by atoms with E-state index in [1.165, 1.54) is 23.4 Å². The fourth-order valence-corrected chi connectivity index (χ4v) is 3.68. The van der Waals surface area contributed by atoms with Gasteiger partial charge in [0.1, 0.15) is 5.82 Å². The minimum atomic E-state index is -0.269. The average Bonchev–Trinajstić information content (AvgIpc) is 3.07. The molecule has 1 aliphatic rings. The summed E-state index contributed by atoms with van der Waals surface area (Å²) >= 11 is 1.68. The summed E-state index contributed by atoms with van der Waals surface area (Å²) in [6.07, 6.45) is 3.58. The van der Waals surface area contributed by atoms with E-state index in [1.807, 2.05) is 4.68 Å². The highest BCUT2D eigenvalue weighted by Gasteiger charge is 2.22. The third-order valence-corrected chi connectivity index (χ3v) is 4.79. The molecule has 3 rings (SSSR count). The van der Waals surface area contributed by atoms with Gasteiger partial charge in [-0.2, -0.15) is 16.9 Å². The molecule has 4 nitrogen and oxygen atoms in total. The van der Waals surface area contributed by atoms with Crippen molar-refractivity contribution in [1.29, 1.82) is 0 Å². The van der Waals surface area contributed by atoms with E-state index in [0.29, 0.717) is 12.2 Å². The van der Waals surface area contributed by atoms with Crippen LogP contribution in [0.15, 0.2) is 24.3 Å². The Balaban J connectivity index is 1.79. The molecular weight excluding hydrogens is 301 g/mol. The number of hydrogen-bond donors (Lipinski definition) is 1. The minimum Gasteiger partial charge on any atom is -0.370 e. The molecule has 0 radical (unpaired) electrons. The molecule has 0 unspecified atom stereocenters. The van der Waals surface area contributed by atoms with Crippen molar-refractivity contribution >= 4 is 17.7 Å². The number of thioether (sulfide) groups is 1. The third-order valence-electron chi connectivity index (χ3n) is 3.82. The predicted molar refractivity (Wildman–Crippen MR) is 85.5 cm³/mol. The minimum absolute atomic E-state index is 0.241. The number of carbonyl (C=O) groups excluding carboxylic acids is 1. The number of hydrogen-bond acceptors (Lipinski definition) is 3. The summed E-state index contributed by atoms with van der Waals surface area (Å²) in [5, 5.41) is 4.71. The summed E-state index contributed by atoms with van der Waals surface area (Å²) in [4.78, 5) is 10.8. The van der Waals surface area contributed by atoms with Crippen LogP contribution in [0.25, 0.3) is 5.69 Å². The highest BCUT2D eigenvalue weighted by atomic mass is 32.2. The molecule has 0 atom stereocenters. The quantitative estimate of drug-likeness (QED) is 0.833. The zero-order valence-corrected chi connectivity index (χ0v) is 13.0. The number of aromatic nitrogens is 2. The van der Waals surface area contributed by atoms with Gasteiger partial charge in [0.15, 0.2) is 0 Å². The Hall–Kier alpha value is -1.82. The maximum absolute atomic E-state index is 13.1. The highest BCUT2D eigenvalue weighted by Crippen LogP contribution is 2.30. The maximum atomic E-state index is 13.1. The van der Waals surface area contributed by atoms with Crippen molar-refractivity contribution in [3.8, 4) is 5.69 Å². The molecule has 0 fully saturated rings. The van der Waals surface area contributed by atoms with Crippen molar-refractivity contribution < 1.29 is 9.18 Å². The van der Waals surface area contributed by atoms with Crippen LogP contribution < -0.4 is 5.73 Å². The standard InChI is InChI=1S/C16H18FN3OS/c17-11-4-6-12(7-5-11)20-15-3-1-2-13(15)14(19-20)10-22-9-8-16(18)21/h4-7H,1-3,8-10H2,(H2,18,21). The summed E-state index contributed by atoms with van der Waals surface area (Å²) in [5.41, 5.74) is 9.67. The molecular formula is C16H18FN3OS. The monoisotopic (exact) mass is 319 g/mol. The van der Waals surface area contributed by atoms with E-state index < -0.39 is 0 Å². The van der Waals surface area contributed by atoms with Gasteiger partial charge < -0.3 is 5.73 Å². The molecule has 2 N–H and O–H groups in total. The zero-order valence-electron chi connectivity index (χ0n) is 12.2. The normalized spacial score (nSPS) is 13.3. The van der Waals surface area contributed by atoms with E-state index in [2.05, 4.69) is 0 Å². The molecule has 22 heavy (non-hydrogen) atoms. The molecule has 1 aromatic heterocycles. The van der Waals surface area contributed by atoms with Crippen molar-refractivity contribution in [2.45, 2.75) is 31.4 Å². The van der Waals surface area contributed by atoms with Gasteiger partial charge in [0, 0.05) is 23.6 Å². The molecule has 0 aliphatic heterocycles. The Kier molecular flexibility index (Phi) is 4.47. The largest absolute Gasteiger partial charge is 0.370 e. The Bertz CT molecular complexity index is 681. The fraction of sp³-hybridized carbons (Fsp3) is 0.375. The molecule has 0 saturated heterocycles. The van der Waals surface area contributed by atoms with Gasteiger partial charge in [0.2, 0.25) is 5.91 Å². The summed E-state index contributed by atoms with van der Waals surface area (Å²) < 4.78 is 15.0. The second kappa shape index (κ2) is 6.52. The van der Waals surface area contributed by atoms with Crippen molar-refractivity contribution in [3.05, 3.63) is 47.0 Å².